The number of aromatic nitrogens is 3. The molecule has 0 unspecified atom stereocenters. The van der Waals surface area contributed by atoms with Crippen LogP contribution in [0.5, 0.6) is 0 Å². The minimum Gasteiger partial charge on any atom is -0.354 e. The van der Waals surface area contributed by atoms with Crippen LogP contribution in [-0.2, 0) is 6.54 Å². The van der Waals surface area contributed by atoms with Gasteiger partial charge in [0.2, 0.25) is 17.8 Å². The molecule has 0 atom stereocenters. The molecule has 0 saturated heterocycles. The van der Waals surface area contributed by atoms with Crippen molar-refractivity contribution in [3.05, 3.63) is 78.4 Å². The molecule has 4 rings (SSSR count). The first kappa shape index (κ1) is 26.4. The number of rotatable bonds is 15. The van der Waals surface area contributed by atoms with Gasteiger partial charge in [0.1, 0.15) is 0 Å². The molecule has 37 heavy (non-hydrogen) atoms. The van der Waals surface area contributed by atoms with Crippen molar-refractivity contribution in [3.8, 4) is 0 Å². The van der Waals surface area contributed by atoms with Gasteiger partial charge in [-0.1, -0.05) is 87.0 Å². The number of anilines is 4. The molecule has 7 nitrogen and oxygen atoms in total. The summed E-state index contributed by atoms with van der Waals surface area (Å²) < 4.78 is 0. The maximum atomic E-state index is 4.70. The Kier molecular flexibility index (Phi) is 10.1. The van der Waals surface area contributed by atoms with Gasteiger partial charge in [0.05, 0.1) is 0 Å². The van der Waals surface area contributed by atoms with Gasteiger partial charge in [-0.25, -0.2) is 0 Å². The maximum absolute atomic E-state index is 4.70. The van der Waals surface area contributed by atoms with Crippen LogP contribution in [0.15, 0.2) is 72.8 Å². The molecule has 0 saturated carbocycles. The Labute approximate surface area is 220 Å². The predicted octanol–water partition coefficient (Wildman–Crippen LogP) is 6.69. The lowest BCUT2D eigenvalue weighted by Crippen LogP contribution is -2.28. The zero-order chi connectivity index (χ0) is 25.7. The molecule has 0 amide bonds. The minimum atomic E-state index is 0.514. The average Bonchev–Trinajstić information content (AvgIpc) is 2.93. The third-order valence-electron chi connectivity index (χ3n) is 6.27. The van der Waals surface area contributed by atoms with Crippen molar-refractivity contribution in [2.45, 2.75) is 46.1 Å². The summed E-state index contributed by atoms with van der Waals surface area (Å²) in [6.45, 7) is 9.34. The van der Waals surface area contributed by atoms with E-state index in [1.165, 1.54) is 36.8 Å². The van der Waals surface area contributed by atoms with E-state index in [-0.39, 0.29) is 0 Å². The molecule has 0 radical (unpaired) electrons. The third kappa shape index (κ3) is 8.15. The number of fused-ring (bicyclic) bond motifs is 1. The number of nitrogens with one attached hydrogen (secondary N) is 3. The van der Waals surface area contributed by atoms with Crippen molar-refractivity contribution in [1.29, 1.82) is 0 Å². The highest BCUT2D eigenvalue weighted by atomic mass is 15.3. The van der Waals surface area contributed by atoms with Crippen LogP contribution in [0.4, 0.5) is 23.5 Å². The zero-order valence-corrected chi connectivity index (χ0v) is 22.1. The van der Waals surface area contributed by atoms with E-state index in [9.17, 15) is 0 Å². The molecule has 0 spiro atoms. The number of nitrogens with zero attached hydrogens (tertiary/aromatic N) is 4. The Morgan fingerprint density at radius 3 is 2.16 bits per heavy atom. The Morgan fingerprint density at radius 2 is 1.35 bits per heavy atom. The van der Waals surface area contributed by atoms with E-state index in [1.54, 1.807) is 0 Å². The monoisotopic (exact) mass is 497 g/mol. The van der Waals surface area contributed by atoms with Crippen LogP contribution >= 0.6 is 0 Å². The van der Waals surface area contributed by atoms with Crippen LogP contribution in [0.2, 0.25) is 0 Å². The van der Waals surface area contributed by atoms with Gasteiger partial charge < -0.3 is 20.9 Å². The van der Waals surface area contributed by atoms with Crippen LogP contribution in [-0.4, -0.2) is 46.0 Å². The van der Waals surface area contributed by atoms with Gasteiger partial charge in [-0.2, -0.15) is 15.0 Å². The van der Waals surface area contributed by atoms with E-state index in [0.29, 0.717) is 24.4 Å². The van der Waals surface area contributed by atoms with Crippen LogP contribution in [0.3, 0.4) is 0 Å². The van der Waals surface area contributed by atoms with E-state index >= 15 is 0 Å². The molecule has 1 aromatic heterocycles. The van der Waals surface area contributed by atoms with Crippen LogP contribution < -0.4 is 16.0 Å². The second-order valence-corrected chi connectivity index (χ2v) is 9.27. The van der Waals surface area contributed by atoms with Gasteiger partial charge in [-0.05, 0) is 55.9 Å². The summed E-state index contributed by atoms with van der Waals surface area (Å²) >= 11 is 0. The molecule has 0 fully saturated rings. The molecule has 3 aromatic carbocycles. The van der Waals surface area contributed by atoms with Crippen LogP contribution in [0.25, 0.3) is 10.8 Å². The molecule has 0 aliphatic heterocycles. The molecular formula is C30H39N7. The molecule has 4 aromatic rings. The normalized spacial score (nSPS) is 11.1. The maximum Gasteiger partial charge on any atom is 0.233 e. The van der Waals surface area contributed by atoms with E-state index in [1.807, 2.05) is 36.4 Å². The largest absolute Gasteiger partial charge is 0.354 e. The van der Waals surface area contributed by atoms with Gasteiger partial charge in [-0.3, -0.25) is 0 Å². The molecule has 194 valence electrons. The zero-order valence-electron chi connectivity index (χ0n) is 22.1. The summed E-state index contributed by atoms with van der Waals surface area (Å²) in [5, 5.41) is 12.5. The van der Waals surface area contributed by atoms with Gasteiger partial charge in [0.15, 0.2) is 0 Å². The molecule has 0 bridgehead atoms. The second kappa shape index (κ2) is 14.1. The van der Waals surface area contributed by atoms with Gasteiger partial charge in [0, 0.05) is 24.2 Å². The van der Waals surface area contributed by atoms with Crippen molar-refractivity contribution in [2.75, 3.05) is 42.1 Å². The van der Waals surface area contributed by atoms with Crippen molar-refractivity contribution < 1.29 is 0 Å². The fraction of sp³-hybridized carbons (Fsp3) is 0.367. The number of unbranched alkanes of at least 4 members (excludes halogenated alkanes) is 1. The fourth-order valence-corrected chi connectivity index (χ4v) is 4.36. The van der Waals surface area contributed by atoms with Crippen molar-refractivity contribution >= 4 is 34.3 Å². The van der Waals surface area contributed by atoms with Gasteiger partial charge in [0.25, 0.3) is 0 Å². The van der Waals surface area contributed by atoms with E-state index in [0.717, 1.165) is 37.1 Å². The predicted molar refractivity (Wildman–Crippen MR) is 156 cm³/mol. The minimum absolute atomic E-state index is 0.514. The molecular weight excluding hydrogens is 458 g/mol. The highest BCUT2D eigenvalue weighted by Gasteiger charge is 2.10. The second-order valence-electron chi connectivity index (χ2n) is 9.27. The summed E-state index contributed by atoms with van der Waals surface area (Å²) in [4.78, 5) is 16.6. The summed E-state index contributed by atoms with van der Waals surface area (Å²) in [7, 11) is 0. The quantitative estimate of drug-likeness (QED) is 0.158. The average molecular weight is 498 g/mol. The van der Waals surface area contributed by atoms with E-state index < -0.39 is 0 Å². The topological polar surface area (TPSA) is 78.0 Å². The lowest BCUT2D eigenvalue weighted by atomic mass is 10.1. The summed E-state index contributed by atoms with van der Waals surface area (Å²) in [5.41, 5.74) is 2.14. The Balaban J connectivity index is 1.47. The Morgan fingerprint density at radius 1 is 0.649 bits per heavy atom. The third-order valence-corrected chi connectivity index (χ3v) is 6.27. The standard InChI is InChI=1S/C30H39N7/c1-3-5-21-37(20-4-2)22-12-19-31-28-34-29(32-23-24-13-7-6-8-14-24)36-30(35-28)33-27-18-11-16-25-15-9-10-17-26(25)27/h6-11,13-18H,3-5,12,19-23H2,1-2H3,(H3,31,32,33,34,35,36). The lowest BCUT2D eigenvalue weighted by molar-refractivity contribution is 0.269. The molecule has 0 aliphatic carbocycles. The summed E-state index contributed by atoms with van der Waals surface area (Å²) in [6.07, 6.45) is 4.70. The first-order valence-corrected chi connectivity index (χ1v) is 13.5. The Bertz CT molecular complexity index is 1220. The van der Waals surface area contributed by atoms with Gasteiger partial charge in [-0.15, -0.1) is 0 Å². The first-order valence-electron chi connectivity index (χ1n) is 13.5. The highest BCUT2D eigenvalue weighted by Crippen LogP contribution is 2.25. The first-order chi connectivity index (χ1) is 18.2. The lowest BCUT2D eigenvalue weighted by Gasteiger charge is -2.21. The smallest absolute Gasteiger partial charge is 0.233 e. The molecule has 7 heteroatoms. The number of hydrogen-bond donors (Lipinski definition) is 3. The van der Waals surface area contributed by atoms with E-state index in [2.05, 4.69) is 81.1 Å². The SMILES string of the molecule is CCCCN(CCC)CCCNc1nc(NCc2ccccc2)nc(Nc2cccc3ccccc23)n1. The summed E-state index contributed by atoms with van der Waals surface area (Å²) in [6, 6.07) is 24.8. The molecule has 1 heterocycles. The van der Waals surface area contributed by atoms with E-state index in [4.69, 9.17) is 4.98 Å². The summed E-state index contributed by atoms with van der Waals surface area (Å²) in [5.74, 6) is 1.63. The molecule has 0 aliphatic rings. The van der Waals surface area contributed by atoms with Crippen molar-refractivity contribution in [3.63, 3.8) is 0 Å². The van der Waals surface area contributed by atoms with Gasteiger partial charge >= 0.3 is 0 Å². The van der Waals surface area contributed by atoms with Crippen LogP contribution in [0, 0.1) is 0 Å². The number of hydrogen-bond acceptors (Lipinski definition) is 7. The fourth-order valence-electron chi connectivity index (χ4n) is 4.36. The van der Waals surface area contributed by atoms with Crippen molar-refractivity contribution in [1.82, 2.24) is 19.9 Å². The Hall–Kier alpha value is -3.71. The molecule has 3 N–H and O–H groups in total. The van der Waals surface area contributed by atoms with Crippen LogP contribution in [0.1, 0.15) is 45.1 Å². The highest BCUT2D eigenvalue weighted by molar-refractivity contribution is 5.94. The number of benzene rings is 3. The van der Waals surface area contributed by atoms with Crippen molar-refractivity contribution in [2.24, 2.45) is 0 Å².